The molecule has 2 N–H and O–H groups in total. The van der Waals surface area contributed by atoms with Gasteiger partial charge in [0.2, 0.25) is 5.91 Å². The third kappa shape index (κ3) is 2.97. The van der Waals surface area contributed by atoms with E-state index in [1.165, 1.54) is 0 Å². The van der Waals surface area contributed by atoms with Crippen molar-refractivity contribution in [3.05, 3.63) is 29.3 Å². The molecule has 104 valence electrons. The molecule has 0 bridgehead atoms. The number of amides is 1. The van der Waals surface area contributed by atoms with E-state index < -0.39 is 11.9 Å². The summed E-state index contributed by atoms with van der Waals surface area (Å²) in [6, 6.07) is 7.14. The first-order chi connectivity index (χ1) is 9.51. The van der Waals surface area contributed by atoms with Crippen LogP contribution >= 0.6 is 0 Å². The Morgan fingerprint density at radius 2 is 2.05 bits per heavy atom. The highest BCUT2D eigenvalue weighted by Gasteiger charge is 2.33. The van der Waals surface area contributed by atoms with E-state index in [1.807, 2.05) is 13.0 Å². The zero-order valence-electron chi connectivity index (χ0n) is 11.2. The first-order valence-electron chi connectivity index (χ1n) is 6.55. The molecule has 0 radical (unpaired) electrons. The number of nitrogens with zero attached hydrogens (tertiary/aromatic N) is 1. The molecule has 5 nitrogen and oxygen atoms in total. The Balaban J connectivity index is 2.06. The van der Waals surface area contributed by atoms with Crippen LogP contribution in [-0.4, -0.2) is 17.0 Å². The number of carbonyl (C=O) groups is 2. The number of hydrogen-bond donors (Lipinski definition) is 2. The van der Waals surface area contributed by atoms with Crippen molar-refractivity contribution in [2.45, 2.75) is 26.2 Å². The van der Waals surface area contributed by atoms with Crippen LogP contribution in [0.25, 0.3) is 0 Å². The third-order valence-electron chi connectivity index (χ3n) is 3.78. The maximum absolute atomic E-state index is 12.1. The minimum atomic E-state index is -0.831. The summed E-state index contributed by atoms with van der Waals surface area (Å²) in [5, 5.41) is 20.6. The van der Waals surface area contributed by atoms with E-state index in [0.29, 0.717) is 30.5 Å². The second kappa shape index (κ2) is 5.74. The molecule has 0 saturated heterocycles. The van der Waals surface area contributed by atoms with Gasteiger partial charge in [0.25, 0.3) is 0 Å². The van der Waals surface area contributed by atoms with Crippen LogP contribution < -0.4 is 5.32 Å². The molecular weight excluding hydrogens is 256 g/mol. The molecule has 2 rings (SSSR count). The summed E-state index contributed by atoms with van der Waals surface area (Å²) < 4.78 is 0. The molecule has 1 aromatic rings. The van der Waals surface area contributed by atoms with E-state index in [0.717, 1.165) is 5.56 Å². The fourth-order valence-corrected chi connectivity index (χ4v) is 2.50. The highest BCUT2D eigenvalue weighted by Crippen LogP contribution is 2.32. The van der Waals surface area contributed by atoms with Crippen LogP contribution in [0, 0.1) is 30.1 Å². The number of aryl methyl sites for hydroxylation is 1. The maximum Gasteiger partial charge on any atom is 0.306 e. The second-order valence-electron chi connectivity index (χ2n) is 5.18. The molecule has 0 heterocycles. The van der Waals surface area contributed by atoms with Crippen molar-refractivity contribution in [1.82, 2.24) is 0 Å². The Morgan fingerprint density at radius 3 is 2.65 bits per heavy atom. The number of aliphatic carboxylic acids is 1. The van der Waals surface area contributed by atoms with Gasteiger partial charge >= 0.3 is 5.97 Å². The molecule has 1 aromatic carbocycles. The van der Waals surface area contributed by atoms with Crippen LogP contribution in [0.5, 0.6) is 0 Å². The number of anilines is 1. The lowest BCUT2D eigenvalue weighted by Gasteiger charge is -2.13. The Kier molecular flexibility index (Phi) is 4.04. The van der Waals surface area contributed by atoms with Gasteiger partial charge in [0.1, 0.15) is 0 Å². The van der Waals surface area contributed by atoms with Crippen molar-refractivity contribution in [3.63, 3.8) is 0 Å². The lowest BCUT2D eigenvalue weighted by Crippen LogP contribution is -2.22. The summed E-state index contributed by atoms with van der Waals surface area (Å²) in [6.07, 6.45) is 1.53. The normalized spacial score (nSPS) is 21.2. The average molecular weight is 272 g/mol. The van der Waals surface area contributed by atoms with E-state index in [4.69, 9.17) is 10.4 Å². The predicted molar refractivity (Wildman–Crippen MR) is 73.0 cm³/mol. The van der Waals surface area contributed by atoms with Gasteiger partial charge in [-0.05, 0) is 43.9 Å². The largest absolute Gasteiger partial charge is 0.481 e. The van der Waals surface area contributed by atoms with Gasteiger partial charge in [-0.25, -0.2) is 0 Å². The molecule has 1 amide bonds. The van der Waals surface area contributed by atoms with Gasteiger partial charge in [0.05, 0.1) is 17.6 Å². The fraction of sp³-hybridized carbons (Fsp3) is 0.400. The van der Waals surface area contributed by atoms with Crippen molar-refractivity contribution >= 4 is 17.6 Å². The number of carboxylic acid groups (broad SMARTS) is 1. The number of nitriles is 1. The Morgan fingerprint density at radius 1 is 1.35 bits per heavy atom. The molecule has 0 aromatic heterocycles. The SMILES string of the molecule is Cc1ccc(C#N)cc1NC(=O)[C@@H]1CC[C@H](C(=O)O)C1. The molecule has 20 heavy (non-hydrogen) atoms. The lowest BCUT2D eigenvalue weighted by molar-refractivity contribution is -0.141. The van der Waals surface area contributed by atoms with Gasteiger partial charge < -0.3 is 10.4 Å². The second-order valence-corrected chi connectivity index (χ2v) is 5.18. The molecule has 1 fully saturated rings. The summed E-state index contributed by atoms with van der Waals surface area (Å²) in [5.74, 6) is -1.67. The van der Waals surface area contributed by atoms with Crippen molar-refractivity contribution in [2.24, 2.45) is 11.8 Å². The number of carbonyl (C=O) groups excluding carboxylic acids is 1. The minimum Gasteiger partial charge on any atom is -0.481 e. The zero-order valence-corrected chi connectivity index (χ0v) is 11.2. The summed E-state index contributed by atoms with van der Waals surface area (Å²) in [7, 11) is 0. The predicted octanol–water partition coefficient (Wildman–Crippen LogP) is 2.31. The average Bonchev–Trinajstić information content (AvgIpc) is 2.91. The highest BCUT2D eigenvalue weighted by molar-refractivity contribution is 5.94. The van der Waals surface area contributed by atoms with E-state index >= 15 is 0 Å². The topological polar surface area (TPSA) is 90.2 Å². The van der Waals surface area contributed by atoms with E-state index in [9.17, 15) is 9.59 Å². The van der Waals surface area contributed by atoms with Gasteiger partial charge in [-0.15, -0.1) is 0 Å². The van der Waals surface area contributed by atoms with Crippen LogP contribution in [0.1, 0.15) is 30.4 Å². The lowest BCUT2D eigenvalue weighted by atomic mass is 10.0. The number of carboxylic acids is 1. The summed E-state index contributed by atoms with van der Waals surface area (Å²) in [5.41, 5.74) is 1.98. The molecule has 2 atom stereocenters. The van der Waals surface area contributed by atoms with Crippen LogP contribution in [0.15, 0.2) is 18.2 Å². The smallest absolute Gasteiger partial charge is 0.306 e. The molecule has 5 heteroatoms. The molecule has 0 spiro atoms. The van der Waals surface area contributed by atoms with Gasteiger partial charge in [0.15, 0.2) is 0 Å². The Bertz CT molecular complexity index is 589. The van der Waals surface area contributed by atoms with Gasteiger partial charge in [-0.1, -0.05) is 6.07 Å². The summed E-state index contributed by atoms with van der Waals surface area (Å²) >= 11 is 0. The molecule has 1 saturated carbocycles. The van der Waals surface area contributed by atoms with Crippen molar-refractivity contribution in [3.8, 4) is 6.07 Å². The molecule has 0 aliphatic heterocycles. The number of benzene rings is 1. The minimum absolute atomic E-state index is 0.160. The van der Waals surface area contributed by atoms with Crippen molar-refractivity contribution in [1.29, 1.82) is 5.26 Å². The number of rotatable bonds is 3. The van der Waals surface area contributed by atoms with Crippen LogP contribution in [-0.2, 0) is 9.59 Å². The monoisotopic (exact) mass is 272 g/mol. The van der Waals surface area contributed by atoms with Crippen LogP contribution in [0.2, 0.25) is 0 Å². The summed E-state index contributed by atoms with van der Waals surface area (Å²) in [4.78, 5) is 23.0. The van der Waals surface area contributed by atoms with Crippen molar-refractivity contribution in [2.75, 3.05) is 5.32 Å². The number of nitrogens with one attached hydrogen (secondary N) is 1. The number of hydrogen-bond acceptors (Lipinski definition) is 3. The molecule has 0 unspecified atom stereocenters. The first-order valence-corrected chi connectivity index (χ1v) is 6.55. The maximum atomic E-state index is 12.1. The first kappa shape index (κ1) is 14.1. The van der Waals surface area contributed by atoms with Crippen LogP contribution in [0.3, 0.4) is 0 Å². The van der Waals surface area contributed by atoms with E-state index in [1.54, 1.807) is 18.2 Å². The molecular formula is C15H16N2O3. The van der Waals surface area contributed by atoms with Crippen LogP contribution in [0.4, 0.5) is 5.69 Å². The van der Waals surface area contributed by atoms with Gasteiger partial charge in [-0.3, -0.25) is 9.59 Å². The standard InChI is InChI=1S/C15H16N2O3/c1-9-2-3-10(8-16)6-13(9)17-14(18)11-4-5-12(7-11)15(19)20/h2-3,6,11-12H,4-5,7H2,1H3,(H,17,18)(H,19,20)/t11-,12+/m1/s1. The highest BCUT2D eigenvalue weighted by atomic mass is 16.4. The van der Waals surface area contributed by atoms with Crippen molar-refractivity contribution < 1.29 is 14.7 Å². The Hall–Kier alpha value is -2.35. The van der Waals surface area contributed by atoms with E-state index in [-0.39, 0.29) is 11.8 Å². The molecule has 1 aliphatic carbocycles. The summed E-state index contributed by atoms with van der Waals surface area (Å²) in [6.45, 7) is 1.85. The van der Waals surface area contributed by atoms with E-state index in [2.05, 4.69) is 5.32 Å². The van der Waals surface area contributed by atoms with Gasteiger partial charge in [0, 0.05) is 11.6 Å². The Labute approximate surface area is 117 Å². The quantitative estimate of drug-likeness (QED) is 0.883. The van der Waals surface area contributed by atoms with Gasteiger partial charge in [-0.2, -0.15) is 5.26 Å². The zero-order chi connectivity index (χ0) is 14.7. The third-order valence-corrected chi connectivity index (χ3v) is 3.78. The fourth-order valence-electron chi connectivity index (χ4n) is 2.50. The molecule has 1 aliphatic rings.